The minimum absolute atomic E-state index is 0.186. The number of carbonyl (C=O) groups excluding carboxylic acids is 1. The van der Waals surface area contributed by atoms with Gasteiger partial charge < -0.3 is 10.1 Å². The van der Waals surface area contributed by atoms with E-state index in [1.54, 1.807) is 19.2 Å². The highest BCUT2D eigenvalue weighted by atomic mass is 32.2. The van der Waals surface area contributed by atoms with Gasteiger partial charge in [0, 0.05) is 25.9 Å². The predicted octanol–water partition coefficient (Wildman–Crippen LogP) is 2.62. The molecule has 1 amide bonds. The smallest absolute Gasteiger partial charge is 0.253 e. The van der Waals surface area contributed by atoms with Gasteiger partial charge in [0.1, 0.15) is 6.10 Å². The Bertz CT molecular complexity index is 845. The molecule has 26 heavy (non-hydrogen) atoms. The van der Waals surface area contributed by atoms with Crippen molar-refractivity contribution in [3.63, 3.8) is 0 Å². The van der Waals surface area contributed by atoms with Gasteiger partial charge in [-0.15, -0.1) is 0 Å². The Kier molecular flexibility index (Phi) is 5.70. The lowest BCUT2D eigenvalue weighted by molar-refractivity contribution is -0.124. The third-order valence-electron chi connectivity index (χ3n) is 4.30. The summed E-state index contributed by atoms with van der Waals surface area (Å²) >= 11 is 0. The summed E-state index contributed by atoms with van der Waals surface area (Å²) in [5, 5.41) is 2.76. The van der Waals surface area contributed by atoms with Gasteiger partial charge >= 0.3 is 0 Å². The highest BCUT2D eigenvalue weighted by Gasteiger charge is 2.24. The molecule has 138 valence electrons. The summed E-state index contributed by atoms with van der Waals surface area (Å²) in [5.74, 6) is -0.195. The summed E-state index contributed by atoms with van der Waals surface area (Å²) in [6.07, 6.45) is 1.17. The van der Waals surface area contributed by atoms with Crippen molar-refractivity contribution >= 4 is 21.6 Å². The average Bonchev–Trinajstić information content (AvgIpc) is 3.18. The maximum Gasteiger partial charge on any atom is 0.253 e. The van der Waals surface area contributed by atoms with Gasteiger partial charge in [0.15, 0.2) is 0 Å². The van der Waals surface area contributed by atoms with Crippen LogP contribution < -0.4 is 5.32 Å². The molecular weight excluding hydrogens is 352 g/mol. The van der Waals surface area contributed by atoms with Crippen LogP contribution in [-0.2, 0) is 26.1 Å². The molecule has 7 heteroatoms. The minimum atomic E-state index is -3.60. The van der Waals surface area contributed by atoms with Crippen LogP contribution in [0.15, 0.2) is 59.5 Å². The Morgan fingerprint density at radius 3 is 2.46 bits per heavy atom. The van der Waals surface area contributed by atoms with Crippen LogP contribution in [0.1, 0.15) is 18.4 Å². The monoisotopic (exact) mass is 374 g/mol. The fourth-order valence-corrected chi connectivity index (χ4v) is 3.98. The molecule has 0 saturated carbocycles. The van der Waals surface area contributed by atoms with Gasteiger partial charge in [-0.1, -0.05) is 30.3 Å². The molecule has 2 aromatic rings. The van der Waals surface area contributed by atoms with Crippen LogP contribution in [0, 0.1) is 0 Å². The molecule has 0 unspecified atom stereocenters. The van der Waals surface area contributed by atoms with Crippen LogP contribution in [0.3, 0.4) is 0 Å². The van der Waals surface area contributed by atoms with Gasteiger partial charge in [-0.2, -0.15) is 4.31 Å². The van der Waals surface area contributed by atoms with Crippen LogP contribution >= 0.6 is 0 Å². The van der Waals surface area contributed by atoms with E-state index in [9.17, 15) is 13.2 Å². The SMILES string of the molecule is CN(Cc1ccccc1)S(=O)(=O)c1ccc(NC(=O)[C@H]2CCCO2)cc1. The first-order valence-corrected chi connectivity index (χ1v) is 9.93. The molecule has 0 radical (unpaired) electrons. The fourth-order valence-electron chi connectivity index (χ4n) is 2.82. The summed E-state index contributed by atoms with van der Waals surface area (Å²) in [7, 11) is -2.05. The van der Waals surface area contributed by atoms with E-state index >= 15 is 0 Å². The molecule has 1 N–H and O–H groups in total. The zero-order chi connectivity index (χ0) is 18.6. The Morgan fingerprint density at radius 1 is 1.15 bits per heavy atom. The predicted molar refractivity (Wildman–Crippen MR) is 99.1 cm³/mol. The van der Waals surface area contributed by atoms with Crippen molar-refractivity contribution in [2.45, 2.75) is 30.4 Å². The van der Waals surface area contributed by atoms with E-state index < -0.39 is 16.1 Å². The summed E-state index contributed by atoms with van der Waals surface area (Å²) in [4.78, 5) is 12.2. The molecule has 0 aliphatic carbocycles. The van der Waals surface area contributed by atoms with E-state index in [1.807, 2.05) is 30.3 Å². The number of rotatable bonds is 6. The van der Waals surface area contributed by atoms with Crippen LogP contribution in [0.4, 0.5) is 5.69 Å². The summed E-state index contributed by atoms with van der Waals surface area (Å²) in [6.45, 7) is 0.893. The minimum Gasteiger partial charge on any atom is -0.368 e. The molecule has 1 heterocycles. The number of benzene rings is 2. The van der Waals surface area contributed by atoms with Crippen molar-refractivity contribution < 1.29 is 17.9 Å². The Hall–Kier alpha value is -2.22. The molecule has 3 rings (SSSR count). The van der Waals surface area contributed by atoms with E-state index in [0.29, 0.717) is 25.3 Å². The molecule has 1 saturated heterocycles. The van der Waals surface area contributed by atoms with Crippen molar-refractivity contribution in [1.82, 2.24) is 4.31 Å². The quantitative estimate of drug-likeness (QED) is 0.843. The van der Waals surface area contributed by atoms with E-state index in [2.05, 4.69) is 5.32 Å². The first-order chi connectivity index (χ1) is 12.5. The third kappa shape index (κ3) is 4.30. The first-order valence-electron chi connectivity index (χ1n) is 8.49. The number of carbonyl (C=O) groups is 1. The number of hydrogen-bond donors (Lipinski definition) is 1. The van der Waals surface area contributed by atoms with Crippen molar-refractivity contribution in [2.75, 3.05) is 19.0 Å². The average molecular weight is 374 g/mol. The number of sulfonamides is 1. The van der Waals surface area contributed by atoms with Crippen molar-refractivity contribution in [2.24, 2.45) is 0 Å². The summed E-state index contributed by atoms with van der Waals surface area (Å²) < 4.78 is 32.0. The third-order valence-corrected chi connectivity index (χ3v) is 6.12. The van der Waals surface area contributed by atoms with E-state index in [1.165, 1.54) is 16.4 Å². The van der Waals surface area contributed by atoms with Gasteiger partial charge in [-0.05, 0) is 42.7 Å². The van der Waals surface area contributed by atoms with Crippen molar-refractivity contribution in [3.8, 4) is 0 Å². The van der Waals surface area contributed by atoms with Gasteiger partial charge in [0.05, 0.1) is 4.90 Å². The molecule has 1 fully saturated rings. The topological polar surface area (TPSA) is 75.7 Å². The Labute approximate surface area is 153 Å². The van der Waals surface area contributed by atoms with Gasteiger partial charge in [0.2, 0.25) is 10.0 Å². The number of nitrogens with zero attached hydrogens (tertiary/aromatic N) is 1. The Morgan fingerprint density at radius 2 is 1.85 bits per heavy atom. The second-order valence-electron chi connectivity index (χ2n) is 6.26. The second kappa shape index (κ2) is 7.99. The van der Waals surface area contributed by atoms with Crippen LogP contribution in [-0.4, -0.2) is 38.4 Å². The fraction of sp³-hybridized carbons (Fsp3) is 0.316. The number of nitrogens with one attached hydrogen (secondary N) is 1. The lowest BCUT2D eigenvalue weighted by atomic mass is 10.2. The molecular formula is C19H22N2O4S. The van der Waals surface area contributed by atoms with Crippen molar-refractivity contribution in [3.05, 3.63) is 60.2 Å². The molecule has 0 bridgehead atoms. The number of anilines is 1. The van der Waals surface area contributed by atoms with E-state index in [0.717, 1.165) is 12.0 Å². The number of ether oxygens (including phenoxy) is 1. The zero-order valence-electron chi connectivity index (χ0n) is 14.6. The number of amides is 1. The van der Waals surface area contributed by atoms with E-state index in [-0.39, 0.29) is 10.8 Å². The largest absolute Gasteiger partial charge is 0.368 e. The van der Waals surface area contributed by atoms with Gasteiger partial charge in [0.25, 0.3) is 5.91 Å². The van der Waals surface area contributed by atoms with Crippen molar-refractivity contribution in [1.29, 1.82) is 0 Å². The Balaban J connectivity index is 1.67. The standard InChI is InChI=1S/C19H22N2O4S/c1-21(14-15-6-3-2-4-7-15)26(23,24)17-11-9-16(10-12-17)20-19(22)18-8-5-13-25-18/h2-4,6-7,9-12,18H,5,8,13-14H2,1H3,(H,20,22)/t18-/m1/s1. The normalized spacial score (nSPS) is 17.4. The zero-order valence-corrected chi connectivity index (χ0v) is 15.4. The van der Waals surface area contributed by atoms with Gasteiger partial charge in [-0.25, -0.2) is 8.42 Å². The second-order valence-corrected chi connectivity index (χ2v) is 8.31. The van der Waals surface area contributed by atoms with E-state index in [4.69, 9.17) is 4.74 Å². The molecule has 1 atom stereocenters. The number of hydrogen-bond acceptors (Lipinski definition) is 4. The molecule has 1 aliphatic rings. The maximum atomic E-state index is 12.7. The molecule has 1 aliphatic heterocycles. The highest BCUT2D eigenvalue weighted by Crippen LogP contribution is 2.20. The summed E-state index contributed by atoms with van der Waals surface area (Å²) in [6, 6.07) is 15.6. The molecule has 2 aromatic carbocycles. The van der Waals surface area contributed by atoms with Crippen LogP contribution in [0.2, 0.25) is 0 Å². The lowest BCUT2D eigenvalue weighted by Gasteiger charge is -2.18. The molecule has 0 aromatic heterocycles. The molecule has 0 spiro atoms. The van der Waals surface area contributed by atoms with Crippen LogP contribution in [0.25, 0.3) is 0 Å². The van der Waals surface area contributed by atoms with Crippen LogP contribution in [0.5, 0.6) is 0 Å². The highest BCUT2D eigenvalue weighted by molar-refractivity contribution is 7.89. The molecule has 6 nitrogen and oxygen atoms in total. The summed E-state index contributed by atoms with van der Waals surface area (Å²) in [5.41, 5.74) is 1.47. The maximum absolute atomic E-state index is 12.7. The van der Waals surface area contributed by atoms with Gasteiger partial charge in [-0.3, -0.25) is 4.79 Å². The lowest BCUT2D eigenvalue weighted by Crippen LogP contribution is -2.27. The first kappa shape index (κ1) is 18.6.